The summed E-state index contributed by atoms with van der Waals surface area (Å²) in [6.07, 6.45) is 9.82. The largest absolute Gasteiger partial charge is 1.00 e. The van der Waals surface area contributed by atoms with E-state index in [1.165, 1.54) is 12.8 Å². The first kappa shape index (κ1) is 51.9. The number of carbonyl (C=O) groups excluding carboxylic acids is 3. The monoisotopic (exact) mass is 835 g/mol. The Bertz CT molecular complexity index is 1590. The molecule has 2 heterocycles. The van der Waals surface area contributed by atoms with E-state index in [1.54, 1.807) is 31.3 Å². The summed E-state index contributed by atoms with van der Waals surface area (Å²) in [4.78, 5) is 51.7. The van der Waals surface area contributed by atoms with Gasteiger partial charge in [-0.05, 0) is 88.9 Å². The number of hydrogen-bond acceptors (Lipinski definition) is 7. The Hall–Kier alpha value is -2.08. The van der Waals surface area contributed by atoms with Crippen molar-refractivity contribution in [3.63, 3.8) is 0 Å². The van der Waals surface area contributed by atoms with Crippen LogP contribution in [0.4, 0.5) is 18.0 Å². The van der Waals surface area contributed by atoms with Crippen molar-refractivity contribution in [1.29, 1.82) is 0 Å². The molecule has 3 aliphatic rings. The molecule has 2 aromatic rings. The van der Waals surface area contributed by atoms with Gasteiger partial charge in [0.05, 0.1) is 12.5 Å². The molecule has 310 valence electrons. The first-order valence-corrected chi connectivity index (χ1v) is 20.1. The van der Waals surface area contributed by atoms with Gasteiger partial charge < -0.3 is 35.1 Å². The number of ether oxygens (including phenoxy) is 2. The molecule has 2 aliphatic carbocycles. The van der Waals surface area contributed by atoms with Gasteiger partial charge in [0, 0.05) is 30.1 Å². The summed E-state index contributed by atoms with van der Waals surface area (Å²) in [6, 6.07) is 7.07. The van der Waals surface area contributed by atoms with Gasteiger partial charge in [0.15, 0.2) is 0 Å². The molecule has 0 spiro atoms. The first-order valence-electron chi connectivity index (χ1n) is 19.3. The number of primary amides is 1. The number of unbranched alkanes of at least 4 members (excludes halogenated alkanes) is 2. The Kier molecular flexibility index (Phi) is 23.6. The number of allylic oxidation sites excluding steroid dienone is 1. The van der Waals surface area contributed by atoms with Crippen LogP contribution in [0.25, 0.3) is 15.5 Å². The minimum Gasteiger partial charge on any atom is -0.604 e. The predicted molar refractivity (Wildman–Crippen MR) is 214 cm³/mol. The van der Waals surface area contributed by atoms with Crippen molar-refractivity contribution >= 4 is 40.6 Å². The standard InChI is InChI=1S/C23H38N3O2S.C10H9NO2.C5H8F3NO2.C2H6.K/c1-3-5-6-7-9-18(4-2)16-21(27)26-15-8-10-20(26)22(28)25-23(13-14-23)17-24-29-19-11-12-19;1-13-9-6-11-10(12)8-5-3-2-4-7(8)9;1-4(2,5(6,7)8)11-3(9)10;1-2;/h3,18-20H,1,4-17H2,2H3,(H,25,28);2-6H,1H3,(H,11,12);1-2H3,(H2,9,10);1-2H3;/q-1;;;;+1. The topological polar surface area (TPSA) is 158 Å². The van der Waals surface area contributed by atoms with Crippen molar-refractivity contribution in [3.05, 3.63) is 58.2 Å². The van der Waals surface area contributed by atoms with Gasteiger partial charge in [-0.3, -0.25) is 26.3 Å². The van der Waals surface area contributed by atoms with Crippen molar-refractivity contribution in [2.24, 2.45) is 11.7 Å². The molecule has 1 aromatic carbocycles. The van der Waals surface area contributed by atoms with Crippen LogP contribution in [-0.4, -0.2) is 76.6 Å². The van der Waals surface area contributed by atoms with Crippen LogP contribution in [0.15, 0.2) is 47.9 Å². The fraction of sp³-hybridized carbons (Fsp3) is 0.650. The number of hydrogen-bond donors (Lipinski definition) is 3. The molecule has 0 bridgehead atoms. The van der Waals surface area contributed by atoms with Crippen molar-refractivity contribution in [2.75, 3.05) is 20.2 Å². The van der Waals surface area contributed by atoms with Crippen LogP contribution in [0.2, 0.25) is 0 Å². The zero-order valence-electron chi connectivity index (χ0n) is 34.3. The van der Waals surface area contributed by atoms with Gasteiger partial charge in [0.2, 0.25) is 17.4 Å². The molecule has 16 heteroatoms. The molecule has 1 saturated heterocycles. The summed E-state index contributed by atoms with van der Waals surface area (Å²) >= 11 is 1.70. The summed E-state index contributed by atoms with van der Waals surface area (Å²) in [5, 5.41) is 5.47. The number of carbonyl (C=O) groups is 3. The number of nitrogens with zero attached hydrogens (tertiary/aromatic N) is 2. The molecule has 2 atom stereocenters. The van der Waals surface area contributed by atoms with E-state index in [1.807, 2.05) is 43.0 Å². The Balaban J connectivity index is 0.000000480. The predicted octanol–water partition coefficient (Wildman–Crippen LogP) is 5.96. The number of fused-ring (bicyclic) bond motifs is 1. The zero-order chi connectivity index (χ0) is 41.2. The van der Waals surface area contributed by atoms with E-state index in [2.05, 4.69) is 39.0 Å². The molecule has 1 aliphatic heterocycles. The van der Waals surface area contributed by atoms with Crippen LogP contribution >= 0.6 is 11.9 Å². The summed E-state index contributed by atoms with van der Waals surface area (Å²) in [6.45, 7) is 12.8. The maximum Gasteiger partial charge on any atom is 1.00 e. The number of nitrogens with two attached hydrogens (primary N) is 1. The van der Waals surface area contributed by atoms with Crippen molar-refractivity contribution < 1.29 is 88.4 Å². The van der Waals surface area contributed by atoms with Crippen LogP contribution in [0.5, 0.6) is 5.75 Å². The number of halogens is 3. The molecule has 2 saturated carbocycles. The molecule has 11 nitrogen and oxygen atoms in total. The van der Waals surface area contributed by atoms with Crippen molar-refractivity contribution in [2.45, 2.75) is 140 Å². The SMILES string of the molecule is C=CCCCCC(CC)CC(=O)N1CCCC1C(=O)NC1(C[N-]SC2CC2)CC1.CC.CC(C)(OC(N)=O)C(F)(F)F.COc1c[nH]c(=O)c2ccccc12.[K+]. The second-order valence-corrected chi connectivity index (χ2v) is 15.5. The quantitative estimate of drug-likeness (QED) is 0.0815. The summed E-state index contributed by atoms with van der Waals surface area (Å²) in [7, 11) is 1.58. The van der Waals surface area contributed by atoms with Crippen LogP contribution in [0, 0.1) is 5.92 Å². The Morgan fingerprint density at radius 1 is 1.14 bits per heavy atom. The molecule has 2 unspecified atom stereocenters. The number of aromatic nitrogens is 1. The number of alkyl halides is 3. The van der Waals surface area contributed by atoms with Gasteiger partial charge in [-0.2, -0.15) is 13.2 Å². The van der Waals surface area contributed by atoms with Gasteiger partial charge in [0.1, 0.15) is 11.8 Å². The molecule has 4 N–H and O–H groups in total. The number of methoxy groups -OCH3 is 1. The second-order valence-electron chi connectivity index (χ2n) is 14.3. The molecule has 56 heavy (non-hydrogen) atoms. The fourth-order valence-electron chi connectivity index (χ4n) is 5.79. The Labute approximate surface area is 377 Å². The molecular formula is C40H61F3KN5O6S. The van der Waals surface area contributed by atoms with Crippen LogP contribution in [-0.2, 0) is 14.3 Å². The maximum absolute atomic E-state index is 13.0. The number of pyridine rings is 1. The normalized spacial score (nSPS) is 17.2. The van der Waals surface area contributed by atoms with Gasteiger partial charge >= 0.3 is 63.7 Å². The first-order chi connectivity index (χ1) is 26.1. The minimum absolute atomic E-state index is 0. The number of H-pyrrole nitrogens is 1. The zero-order valence-corrected chi connectivity index (χ0v) is 38.2. The number of amides is 3. The average Bonchev–Trinajstić information content (AvgIpc) is 4.07. The molecule has 5 rings (SSSR count). The molecule has 1 aromatic heterocycles. The van der Waals surface area contributed by atoms with E-state index in [0.29, 0.717) is 35.3 Å². The second kappa shape index (κ2) is 25.4. The summed E-state index contributed by atoms with van der Waals surface area (Å²) in [5.74, 6) is 1.32. The van der Waals surface area contributed by atoms with Gasteiger partial charge in [-0.15, -0.1) is 13.1 Å². The van der Waals surface area contributed by atoms with Crippen molar-refractivity contribution in [3.8, 4) is 5.75 Å². The average molecular weight is 836 g/mol. The Morgan fingerprint density at radius 2 is 1.79 bits per heavy atom. The van der Waals surface area contributed by atoms with E-state index >= 15 is 0 Å². The number of benzene rings is 1. The van der Waals surface area contributed by atoms with E-state index in [4.69, 9.17) is 4.74 Å². The third-order valence-corrected chi connectivity index (χ3v) is 10.6. The summed E-state index contributed by atoms with van der Waals surface area (Å²) < 4.78 is 49.1. The van der Waals surface area contributed by atoms with Gasteiger partial charge in [-0.25, -0.2) is 4.79 Å². The third-order valence-electron chi connectivity index (χ3n) is 9.57. The molecule has 0 radical (unpaired) electrons. The van der Waals surface area contributed by atoms with E-state index < -0.39 is 17.9 Å². The van der Waals surface area contributed by atoms with E-state index in [-0.39, 0.29) is 80.3 Å². The van der Waals surface area contributed by atoms with Crippen LogP contribution in [0.1, 0.15) is 112 Å². The molecular weight excluding hydrogens is 775 g/mol. The van der Waals surface area contributed by atoms with Crippen molar-refractivity contribution in [1.82, 2.24) is 15.2 Å². The van der Waals surface area contributed by atoms with Crippen LogP contribution in [0.3, 0.4) is 0 Å². The molecule has 3 fully saturated rings. The number of aromatic amines is 1. The van der Waals surface area contributed by atoms with E-state index in [9.17, 15) is 32.3 Å². The van der Waals surface area contributed by atoms with Gasteiger partial charge in [0.25, 0.3) is 5.56 Å². The summed E-state index contributed by atoms with van der Waals surface area (Å²) in [5.41, 5.74) is 1.68. The minimum atomic E-state index is -4.60. The number of rotatable bonds is 16. The van der Waals surface area contributed by atoms with Crippen LogP contribution < -0.4 is 72.7 Å². The molecule has 3 amide bonds. The maximum atomic E-state index is 13.0. The smallest absolute Gasteiger partial charge is 0.604 e. The Morgan fingerprint density at radius 3 is 2.30 bits per heavy atom. The number of likely N-dealkylation sites (tertiary alicyclic amines) is 1. The third kappa shape index (κ3) is 17.4. The van der Waals surface area contributed by atoms with E-state index in [0.717, 1.165) is 83.6 Å². The van der Waals surface area contributed by atoms with Gasteiger partial charge in [-0.1, -0.05) is 57.9 Å². The fourth-order valence-corrected chi connectivity index (χ4v) is 6.67. The number of nitrogens with one attached hydrogen (secondary N) is 2.